The van der Waals surface area contributed by atoms with E-state index in [2.05, 4.69) is 20.9 Å². The Balaban J connectivity index is 0.00000420. The monoisotopic (exact) mass is 516 g/mol. The highest BCUT2D eigenvalue weighted by molar-refractivity contribution is 14.0. The quantitative estimate of drug-likeness (QED) is 0.290. The molecule has 0 heterocycles. The van der Waals surface area contributed by atoms with Crippen LogP contribution in [0.2, 0.25) is 0 Å². The highest BCUT2D eigenvalue weighted by Crippen LogP contribution is 2.12. The minimum atomic E-state index is -0.482. The Morgan fingerprint density at radius 3 is 2.38 bits per heavy atom. The van der Waals surface area contributed by atoms with E-state index in [0.717, 1.165) is 29.4 Å². The minimum Gasteiger partial charge on any atom is -0.357 e. The van der Waals surface area contributed by atoms with Crippen molar-refractivity contribution < 1.29 is 13.6 Å². The fourth-order valence-electron chi connectivity index (χ4n) is 2.35. The van der Waals surface area contributed by atoms with Crippen molar-refractivity contribution in [2.75, 3.05) is 11.9 Å². The first-order chi connectivity index (χ1) is 13.4. The highest BCUT2D eigenvalue weighted by atomic mass is 127. The second-order valence-corrected chi connectivity index (χ2v) is 6.63. The third kappa shape index (κ3) is 8.35. The molecule has 158 valence electrons. The lowest BCUT2D eigenvalue weighted by molar-refractivity contribution is -0.118. The van der Waals surface area contributed by atoms with E-state index in [-0.39, 0.29) is 47.9 Å². The van der Waals surface area contributed by atoms with Crippen molar-refractivity contribution in [3.63, 3.8) is 0 Å². The molecule has 0 fully saturated rings. The second kappa shape index (κ2) is 12.4. The second-order valence-electron chi connectivity index (χ2n) is 6.63. The van der Waals surface area contributed by atoms with Crippen LogP contribution in [0.15, 0.2) is 47.5 Å². The molecule has 0 spiro atoms. The molecule has 0 saturated carbocycles. The molecule has 0 aliphatic heterocycles. The van der Waals surface area contributed by atoms with Gasteiger partial charge in [0.25, 0.3) is 0 Å². The minimum absolute atomic E-state index is 0. The lowest BCUT2D eigenvalue weighted by atomic mass is 10.1. The van der Waals surface area contributed by atoms with Gasteiger partial charge in [-0.1, -0.05) is 26.0 Å². The van der Waals surface area contributed by atoms with Crippen LogP contribution >= 0.6 is 24.0 Å². The Kier molecular flexibility index (Phi) is 10.6. The van der Waals surface area contributed by atoms with Crippen molar-refractivity contribution in [2.45, 2.75) is 33.9 Å². The number of nitrogens with one attached hydrogen (secondary N) is 3. The van der Waals surface area contributed by atoms with E-state index in [1.165, 1.54) is 0 Å². The predicted molar refractivity (Wildman–Crippen MR) is 123 cm³/mol. The molecule has 0 bridgehead atoms. The maximum Gasteiger partial charge on any atom is 0.226 e. The van der Waals surface area contributed by atoms with Crippen LogP contribution in [-0.4, -0.2) is 18.4 Å². The van der Waals surface area contributed by atoms with Crippen LogP contribution in [0.1, 0.15) is 31.9 Å². The Hall–Kier alpha value is -2.23. The fraction of sp³-hybridized carbons (Fsp3) is 0.333. The SMILES string of the molecule is CCNC(=NCc1ccc(NC(=O)C(C)C)cc1)NCc1cc(F)ccc1F.I. The van der Waals surface area contributed by atoms with E-state index in [0.29, 0.717) is 19.0 Å². The summed E-state index contributed by atoms with van der Waals surface area (Å²) < 4.78 is 27.0. The van der Waals surface area contributed by atoms with Crippen molar-refractivity contribution >= 4 is 41.5 Å². The standard InChI is InChI=1S/C21H26F2N4O.HI/c1-4-24-21(26-13-16-11-17(22)7-10-19(16)23)25-12-15-5-8-18(9-6-15)27-20(28)14(2)3;/h5-11,14H,4,12-13H2,1-3H3,(H,27,28)(H2,24,25,26);1H. The first-order valence-electron chi connectivity index (χ1n) is 9.25. The molecule has 0 aliphatic rings. The Bertz CT molecular complexity index is 826. The van der Waals surface area contributed by atoms with Gasteiger partial charge in [-0.3, -0.25) is 4.79 Å². The average molecular weight is 516 g/mol. The van der Waals surface area contributed by atoms with E-state index in [1.807, 2.05) is 45.0 Å². The number of aliphatic imine (C=N–C) groups is 1. The van der Waals surface area contributed by atoms with Crippen LogP contribution in [0.25, 0.3) is 0 Å². The van der Waals surface area contributed by atoms with Gasteiger partial charge in [0.15, 0.2) is 5.96 Å². The summed E-state index contributed by atoms with van der Waals surface area (Å²) in [5.41, 5.74) is 1.92. The molecule has 0 radical (unpaired) electrons. The summed E-state index contributed by atoms with van der Waals surface area (Å²) in [5, 5.41) is 8.91. The van der Waals surface area contributed by atoms with Gasteiger partial charge in [0, 0.05) is 30.3 Å². The van der Waals surface area contributed by atoms with Gasteiger partial charge in [-0.15, -0.1) is 24.0 Å². The van der Waals surface area contributed by atoms with Gasteiger partial charge in [-0.05, 0) is 42.8 Å². The van der Waals surface area contributed by atoms with Crippen LogP contribution < -0.4 is 16.0 Å². The molecule has 2 aromatic rings. The third-order valence-corrected chi connectivity index (χ3v) is 3.96. The topological polar surface area (TPSA) is 65.5 Å². The summed E-state index contributed by atoms with van der Waals surface area (Å²) in [4.78, 5) is 16.2. The molecular weight excluding hydrogens is 489 g/mol. The van der Waals surface area contributed by atoms with Gasteiger partial charge < -0.3 is 16.0 Å². The summed E-state index contributed by atoms with van der Waals surface area (Å²) in [6, 6.07) is 10.8. The van der Waals surface area contributed by atoms with Gasteiger partial charge >= 0.3 is 0 Å². The van der Waals surface area contributed by atoms with Crippen molar-refractivity contribution in [1.82, 2.24) is 10.6 Å². The van der Waals surface area contributed by atoms with E-state index in [9.17, 15) is 13.6 Å². The van der Waals surface area contributed by atoms with Gasteiger partial charge in [0.2, 0.25) is 5.91 Å². The van der Waals surface area contributed by atoms with Gasteiger partial charge in [0.1, 0.15) is 11.6 Å². The Labute approximate surface area is 187 Å². The summed E-state index contributed by atoms with van der Waals surface area (Å²) in [5.74, 6) is -0.563. The zero-order chi connectivity index (χ0) is 20.5. The zero-order valence-electron chi connectivity index (χ0n) is 16.8. The lowest BCUT2D eigenvalue weighted by Crippen LogP contribution is -2.37. The fourth-order valence-corrected chi connectivity index (χ4v) is 2.35. The van der Waals surface area contributed by atoms with Crippen LogP contribution in [0, 0.1) is 17.6 Å². The molecule has 1 amide bonds. The molecule has 0 atom stereocenters. The van der Waals surface area contributed by atoms with Crippen LogP contribution in [-0.2, 0) is 17.9 Å². The summed E-state index contributed by atoms with van der Waals surface area (Å²) >= 11 is 0. The van der Waals surface area contributed by atoms with E-state index < -0.39 is 11.6 Å². The van der Waals surface area contributed by atoms with Crippen LogP contribution in [0.5, 0.6) is 0 Å². The van der Waals surface area contributed by atoms with Crippen LogP contribution in [0.4, 0.5) is 14.5 Å². The number of amides is 1. The zero-order valence-corrected chi connectivity index (χ0v) is 19.1. The third-order valence-electron chi connectivity index (χ3n) is 3.96. The number of anilines is 1. The molecule has 29 heavy (non-hydrogen) atoms. The number of carbonyl (C=O) groups excluding carboxylic acids is 1. The normalized spacial score (nSPS) is 11.0. The number of carbonyl (C=O) groups is 1. The average Bonchev–Trinajstić information content (AvgIpc) is 2.67. The number of halogens is 3. The van der Waals surface area contributed by atoms with Gasteiger partial charge in [-0.25, -0.2) is 13.8 Å². The number of benzene rings is 2. The van der Waals surface area contributed by atoms with E-state index in [4.69, 9.17) is 0 Å². The van der Waals surface area contributed by atoms with Crippen molar-refractivity contribution in [3.8, 4) is 0 Å². The highest BCUT2D eigenvalue weighted by Gasteiger charge is 2.07. The van der Waals surface area contributed by atoms with Gasteiger partial charge in [-0.2, -0.15) is 0 Å². The molecule has 2 rings (SSSR count). The first-order valence-corrected chi connectivity index (χ1v) is 9.25. The van der Waals surface area contributed by atoms with Crippen molar-refractivity contribution in [3.05, 3.63) is 65.2 Å². The Morgan fingerprint density at radius 1 is 1.07 bits per heavy atom. The maximum absolute atomic E-state index is 13.7. The van der Waals surface area contributed by atoms with Crippen LogP contribution in [0.3, 0.4) is 0 Å². The number of nitrogens with zero attached hydrogens (tertiary/aromatic N) is 1. The first kappa shape index (κ1) is 24.8. The van der Waals surface area contributed by atoms with Crippen molar-refractivity contribution in [1.29, 1.82) is 0 Å². The van der Waals surface area contributed by atoms with Crippen molar-refractivity contribution in [2.24, 2.45) is 10.9 Å². The maximum atomic E-state index is 13.7. The molecule has 3 N–H and O–H groups in total. The summed E-state index contributed by atoms with van der Waals surface area (Å²) in [7, 11) is 0. The molecular formula is C21H27F2IN4O. The van der Waals surface area contributed by atoms with E-state index >= 15 is 0 Å². The van der Waals surface area contributed by atoms with E-state index in [1.54, 1.807) is 0 Å². The number of hydrogen-bond acceptors (Lipinski definition) is 2. The summed E-state index contributed by atoms with van der Waals surface area (Å²) in [6.07, 6.45) is 0. The molecule has 0 unspecified atom stereocenters. The molecule has 8 heteroatoms. The smallest absolute Gasteiger partial charge is 0.226 e. The lowest BCUT2D eigenvalue weighted by Gasteiger charge is -2.12. The molecule has 2 aromatic carbocycles. The number of hydrogen-bond donors (Lipinski definition) is 3. The molecule has 5 nitrogen and oxygen atoms in total. The largest absolute Gasteiger partial charge is 0.357 e. The van der Waals surface area contributed by atoms with Gasteiger partial charge in [0.05, 0.1) is 6.54 Å². The number of rotatable bonds is 7. The molecule has 0 aromatic heterocycles. The molecule has 0 aliphatic carbocycles. The Morgan fingerprint density at radius 2 is 1.76 bits per heavy atom. The number of guanidine groups is 1. The predicted octanol–water partition coefficient (Wildman–Crippen LogP) is 4.43. The summed E-state index contributed by atoms with van der Waals surface area (Å²) in [6.45, 7) is 6.76. The molecule has 0 saturated heterocycles.